The first kappa shape index (κ1) is 21.8. The van der Waals surface area contributed by atoms with Gasteiger partial charge >= 0.3 is 0 Å². The van der Waals surface area contributed by atoms with Gasteiger partial charge < -0.3 is 20.8 Å². The maximum atomic E-state index is 6.45. The molecule has 5 N–H and O–H groups in total. The summed E-state index contributed by atoms with van der Waals surface area (Å²) in [5, 5.41) is 4.78. The first-order valence-corrected chi connectivity index (χ1v) is 10.6. The highest BCUT2D eigenvalue weighted by molar-refractivity contribution is 5.64. The lowest BCUT2D eigenvalue weighted by molar-refractivity contribution is 0.153. The van der Waals surface area contributed by atoms with Gasteiger partial charge in [-0.2, -0.15) is 0 Å². The molecule has 2 aromatic rings. The van der Waals surface area contributed by atoms with Crippen molar-refractivity contribution in [3.8, 4) is 5.75 Å². The number of aryl methyl sites for hydroxylation is 2. The average molecular weight is 412 g/mol. The molecule has 1 aliphatic rings. The third-order valence-electron chi connectivity index (χ3n) is 5.42. The molecule has 0 atom stereocenters. The number of hydrogen-bond acceptors (Lipinski definition) is 8. The third-order valence-corrected chi connectivity index (χ3v) is 5.42. The van der Waals surface area contributed by atoms with Gasteiger partial charge in [0, 0.05) is 18.8 Å². The van der Waals surface area contributed by atoms with Crippen molar-refractivity contribution in [2.45, 2.75) is 58.5 Å². The minimum absolute atomic E-state index is 0.286. The Morgan fingerprint density at radius 1 is 1.23 bits per heavy atom. The Morgan fingerprint density at radius 3 is 2.67 bits per heavy atom. The molecular formula is C22H33N7O. The second-order valence-electron chi connectivity index (χ2n) is 7.73. The zero-order chi connectivity index (χ0) is 21.5. The zero-order valence-electron chi connectivity index (χ0n) is 18.2. The van der Waals surface area contributed by atoms with E-state index in [0.29, 0.717) is 17.9 Å². The number of ether oxygens (including phenoxy) is 1. The normalized spacial score (nSPS) is 15.5. The van der Waals surface area contributed by atoms with Gasteiger partial charge in [0.05, 0.1) is 35.4 Å². The van der Waals surface area contributed by atoms with Crippen LogP contribution in [0.5, 0.6) is 5.75 Å². The number of nitrogens with one attached hydrogen (secondary N) is 1. The van der Waals surface area contributed by atoms with E-state index in [2.05, 4.69) is 27.2 Å². The summed E-state index contributed by atoms with van der Waals surface area (Å²) in [5.41, 5.74) is 10.2. The highest BCUT2D eigenvalue weighted by atomic mass is 16.5. The fourth-order valence-corrected chi connectivity index (χ4v) is 3.61. The lowest BCUT2D eigenvalue weighted by Crippen LogP contribution is -2.32. The number of aromatic nitrogens is 3. The number of rotatable bonds is 8. The summed E-state index contributed by atoms with van der Waals surface area (Å²) >= 11 is 0. The number of likely N-dealkylation sites (N-methyl/N-ethyl adjacent to an activating group) is 1. The first-order valence-electron chi connectivity index (χ1n) is 10.6. The second kappa shape index (κ2) is 10.2. The van der Waals surface area contributed by atoms with Gasteiger partial charge in [0.2, 0.25) is 0 Å². The van der Waals surface area contributed by atoms with Crippen molar-refractivity contribution in [1.82, 2.24) is 20.0 Å². The molecule has 0 spiro atoms. The molecule has 0 radical (unpaired) electrons. The van der Waals surface area contributed by atoms with Crippen molar-refractivity contribution in [3.63, 3.8) is 0 Å². The molecule has 162 valence electrons. The van der Waals surface area contributed by atoms with Gasteiger partial charge in [0.25, 0.3) is 0 Å². The van der Waals surface area contributed by atoms with E-state index in [0.717, 1.165) is 47.9 Å². The van der Waals surface area contributed by atoms with Crippen LogP contribution in [-0.2, 0) is 6.42 Å². The van der Waals surface area contributed by atoms with Crippen LogP contribution < -0.4 is 21.6 Å². The lowest BCUT2D eigenvalue weighted by atomic mass is 9.98. The zero-order valence-corrected chi connectivity index (χ0v) is 18.2. The molecule has 0 aromatic carbocycles. The monoisotopic (exact) mass is 411 g/mol. The third kappa shape index (κ3) is 5.60. The van der Waals surface area contributed by atoms with Crippen LogP contribution in [0.4, 0.5) is 5.82 Å². The molecule has 1 aliphatic carbocycles. The maximum Gasteiger partial charge on any atom is 0.140 e. The summed E-state index contributed by atoms with van der Waals surface area (Å²) in [6.45, 7) is 4.42. The molecule has 0 amide bonds. The van der Waals surface area contributed by atoms with Crippen molar-refractivity contribution >= 4 is 11.5 Å². The Bertz CT molecular complexity index is 876. The number of hydrogen-bond donors (Lipinski definition) is 3. The standard InChI is InChI=1S/C22H33N7O/c1-4-16-12-21(27-14-26-16)25-13-19(29(3)24)22(23)18-10-11-20(15(2)28-18)30-17-8-6-5-7-9-17/h10-12,14,17H,4-9,13,23-24H2,1-3H3,(H,25,26,27)/b22-19-. The molecule has 1 fully saturated rings. The van der Waals surface area contributed by atoms with Crippen LogP contribution >= 0.6 is 0 Å². The Morgan fingerprint density at radius 2 is 2.00 bits per heavy atom. The molecule has 0 unspecified atom stereocenters. The van der Waals surface area contributed by atoms with Crippen molar-refractivity contribution in [2.75, 3.05) is 18.9 Å². The predicted molar refractivity (Wildman–Crippen MR) is 119 cm³/mol. The molecule has 2 aromatic heterocycles. The summed E-state index contributed by atoms with van der Waals surface area (Å²) in [6.07, 6.45) is 8.67. The molecular weight excluding hydrogens is 378 g/mol. The van der Waals surface area contributed by atoms with E-state index in [4.69, 9.17) is 16.3 Å². The van der Waals surface area contributed by atoms with Crippen molar-refractivity contribution in [1.29, 1.82) is 0 Å². The Labute approximate surface area is 178 Å². The van der Waals surface area contributed by atoms with Crippen LogP contribution in [0, 0.1) is 6.92 Å². The van der Waals surface area contributed by atoms with Gasteiger partial charge in [0.1, 0.15) is 17.9 Å². The molecule has 0 saturated heterocycles. The van der Waals surface area contributed by atoms with Gasteiger partial charge in [-0.3, -0.25) is 0 Å². The molecule has 8 nitrogen and oxygen atoms in total. The topological polar surface area (TPSA) is 115 Å². The summed E-state index contributed by atoms with van der Waals surface area (Å²) in [5.74, 6) is 7.61. The maximum absolute atomic E-state index is 6.45. The van der Waals surface area contributed by atoms with E-state index in [1.165, 1.54) is 24.3 Å². The van der Waals surface area contributed by atoms with Crippen LogP contribution in [0.25, 0.3) is 5.70 Å². The average Bonchev–Trinajstić information content (AvgIpc) is 2.76. The summed E-state index contributed by atoms with van der Waals surface area (Å²) < 4.78 is 6.17. The number of pyridine rings is 1. The van der Waals surface area contributed by atoms with E-state index in [1.54, 1.807) is 13.4 Å². The predicted octanol–water partition coefficient (Wildman–Crippen LogP) is 3.00. The molecule has 8 heteroatoms. The number of nitrogens with zero attached hydrogens (tertiary/aromatic N) is 4. The minimum Gasteiger partial charge on any atom is -0.489 e. The fourth-order valence-electron chi connectivity index (χ4n) is 3.61. The van der Waals surface area contributed by atoms with Crippen LogP contribution in [0.1, 0.15) is 56.1 Å². The molecule has 0 bridgehead atoms. The summed E-state index contributed by atoms with van der Waals surface area (Å²) in [6, 6.07) is 5.77. The quantitative estimate of drug-likeness (QED) is 0.448. The Hall–Kier alpha value is -2.87. The fraction of sp³-hybridized carbons (Fsp3) is 0.500. The molecule has 30 heavy (non-hydrogen) atoms. The number of anilines is 1. The Kier molecular flexibility index (Phi) is 7.46. The second-order valence-corrected chi connectivity index (χ2v) is 7.73. The lowest BCUT2D eigenvalue weighted by Gasteiger charge is -2.24. The van der Waals surface area contributed by atoms with Gasteiger partial charge in [-0.1, -0.05) is 13.3 Å². The molecule has 1 saturated carbocycles. The van der Waals surface area contributed by atoms with Crippen LogP contribution in [0.2, 0.25) is 0 Å². The molecule has 0 aliphatic heterocycles. The highest BCUT2D eigenvalue weighted by Gasteiger charge is 2.17. The van der Waals surface area contributed by atoms with Crippen LogP contribution in [0.3, 0.4) is 0 Å². The summed E-state index contributed by atoms with van der Waals surface area (Å²) in [7, 11) is 1.76. The summed E-state index contributed by atoms with van der Waals surface area (Å²) in [4.78, 5) is 13.2. The van der Waals surface area contributed by atoms with E-state index in [1.807, 2.05) is 25.1 Å². The number of nitrogens with two attached hydrogens (primary N) is 2. The van der Waals surface area contributed by atoms with E-state index in [9.17, 15) is 0 Å². The van der Waals surface area contributed by atoms with Crippen molar-refractivity contribution < 1.29 is 4.74 Å². The van der Waals surface area contributed by atoms with E-state index >= 15 is 0 Å². The van der Waals surface area contributed by atoms with Crippen molar-refractivity contribution in [2.24, 2.45) is 11.6 Å². The highest BCUT2D eigenvalue weighted by Crippen LogP contribution is 2.26. The van der Waals surface area contributed by atoms with Crippen LogP contribution in [0.15, 0.2) is 30.2 Å². The van der Waals surface area contributed by atoms with E-state index < -0.39 is 0 Å². The number of hydrazine groups is 1. The van der Waals surface area contributed by atoms with Gasteiger partial charge in [-0.15, -0.1) is 0 Å². The molecule has 2 heterocycles. The van der Waals surface area contributed by atoms with E-state index in [-0.39, 0.29) is 6.10 Å². The largest absolute Gasteiger partial charge is 0.489 e. The van der Waals surface area contributed by atoms with Gasteiger partial charge in [0.15, 0.2) is 0 Å². The van der Waals surface area contributed by atoms with Crippen LogP contribution in [-0.4, -0.2) is 39.7 Å². The van der Waals surface area contributed by atoms with Gasteiger partial charge in [-0.05, 0) is 51.2 Å². The minimum atomic E-state index is 0.286. The van der Waals surface area contributed by atoms with Gasteiger partial charge in [-0.25, -0.2) is 20.8 Å². The first-order chi connectivity index (χ1) is 14.5. The molecule has 3 rings (SSSR count). The Balaban J connectivity index is 1.75. The smallest absolute Gasteiger partial charge is 0.140 e. The van der Waals surface area contributed by atoms with Crippen molar-refractivity contribution in [3.05, 3.63) is 47.3 Å². The SMILES string of the molecule is CCc1cc(NC/C(=C(/N)c2ccc(OC3CCCCC3)c(C)n2)N(C)N)ncn1.